The quantitative estimate of drug-likeness (QED) is 0.759. The van der Waals surface area contributed by atoms with E-state index in [1.54, 1.807) is 7.05 Å². The Bertz CT molecular complexity index is 253. The molecule has 1 unspecified atom stereocenters. The first kappa shape index (κ1) is 13.2. The fourth-order valence-corrected chi connectivity index (χ4v) is 2.23. The van der Waals surface area contributed by atoms with Gasteiger partial charge in [0.25, 0.3) is 0 Å². The summed E-state index contributed by atoms with van der Waals surface area (Å²) in [5.74, 6) is 0.294. The van der Waals surface area contributed by atoms with Crippen LogP contribution < -0.4 is 5.32 Å². The van der Waals surface area contributed by atoms with E-state index in [0.29, 0.717) is 13.0 Å². The Balaban J connectivity index is 2.53. The second-order valence-electron chi connectivity index (χ2n) is 4.38. The largest absolute Gasteiger partial charge is 0.358 e. The zero-order chi connectivity index (χ0) is 12.0. The number of nitrogens with zero attached hydrogens (tertiary/aromatic N) is 1. The first-order chi connectivity index (χ1) is 7.69. The maximum Gasteiger partial charge on any atom is 0.237 e. The number of Topliss-reactive ketones (excluding diaryl/α,β-unsaturated/α-hetero) is 1. The summed E-state index contributed by atoms with van der Waals surface area (Å²) in [4.78, 5) is 25.3. The van der Waals surface area contributed by atoms with Gasteiger partial charge in [0.05, 0.1) is 12.6 Å². The van der Waals surface area contributed by atoms with E-state index in [9.17, 15) is 9.59 Å². The molecular formula is C12H22N2O2. The minimum Gasteiger partial charge on any atom is -0.358 e. The van der Waals surface area contributed by atoms with Crippen molar-refractivity contribution >= 4 is 11.7 Å². The molecule has 1 aliphatic heterocycles. The standard InChI is InChI=1S/C12H22N2O2/c1-3-6-10(15)9-14-8-5-4-7-11(14)12(16)13-2/h11H,3-9H2,1-2H3,(H,13,16). The van der Waals surface area contributed by atoms with Crippen molar-refractivity contribution in [2.45, 2.75) is 45.1 Å². The molecule has 0 aromatic heterocycles. The van der Waals surface area contributed by atoms with Gasteiger partial charge in [-0.1, -0.05) is 13.3 Å². The number of amides is 1. The van der Waals surface area contributed by atoms with Crippen molar-refractivity contribution in [3.8, 4) is 0 Å². The van der Waals surface area contributed by atoms with Gasteiger partial charge in [0.15, 0.2) is 0 Å². The Kier molecular flexibility index (Phi) is 5.46. The molecule has 0 aliphatic carbocycles. The van der Waals surface area contributed by atoms with Gasteiger partial charge < -0.3 is 5.32 Å². The van der Waals surface area contributed by atoms with Crippen LogP contribution in [-0.4, -0.2) is 42.8 Å². The van der Waals surface area contributed by atoms with Crippen LogP contribution >= 0.6 is 0 Å². The fourth-order valence-electron chi connectivity index (χ4n) is 2.23. The summed E-state index contributed by atoms with van der Waals surface area (Å²) in [5.41, 5.74) is 0. The number of carbonyl (C=O) groups is 2. The summed E-state index contributed by atoms with van der Waals surface area (Å²) >= 11 is 0. The van der Waals surface area contributed by atoms with Gasteiger partial charge in [-0.25, -0.2) is 0 Å². The number of likely N-dealkylation sites (tertiary alicyclic amines) is 1. The van der Waals surface area contributed by atoms with E-state index < -0.39 is 0 Å². The molecule has 1 aliphatic rings. The molecular weight excluding hydrogens is 204 g/mol. The van der Waals surface area contributed by atoms with Crippen LogP contribution in [0.2, 0.25) is 0 Å². The Morgan fingerprint density at radius 3 is 2.75 bits per heavy atom. The number of nitrogens with one attached hydrogen (secondary N) is 1. The average molecular weight is 226 g/mol. The lowest BCUT2D eigenvalue weighted by Gasteiger charge is -2.33. The monoisotopic (exact) mass is 226 g/mol. The lowest BCUT2D eigenvalue weighted by molar-refractivity contribution is -0.129. The molecule has 92 valence electrons. The Morgan fingerprint density at radius 2 is 2.12 bits per heavy atom. The molecule has 0 bridgehead atoms. The number of hydrogen-bond donors (Lipinski definition) is 1. The highest BCUT2D eigenvalue weighted by Gasteiger charge is 2.28. The van der Waals surface area contributed by atoms with Crippen LogP contribution in [0.4, 0.5) is 0 Å². The lowest BCUT2D eigenvalue weighted by atomic mass is 10.0. The molecule has 1 saturated heterocycles. The lowest BCUT2D eigenvalue weighted by Crippen LogP contribution is -2.50. The second kappa shape index (κ2) is 6.63. The van der Waals surface area contributed by atoms with Crippen molar-refractivity contribution in [2.24, 2.45) is 0 Å². The summed E-state index contributed by atoms with van der Waals surface area (Å²) in [6.07, 6.45) is 4.55. The Labute approximate surface area is 97.4 Å². The maximum absolute atomic E-state index is 11.7. The third-order valence-electron chi connectivity index (χ3n) is 3.07. The topological polar surface area (TPSA) is 49.4 Å². The predicted octanol–water partition coefficient (Wildman–Crippen LogP) is 0.956. The van der Waals surface area contributed by atoms with Crippen molar-refractivity contribution < 1.29 is 9.59 Å². The van der Waals surface area contributed by atoms with Gasteiger partial charge in [-0.15, -0.1) is 0 Å². The molecule has 1 rings (SSSR count). The average Bonchev–Trinajstić information content (AvgIpc) is 2.29. The van der Waals surface area contributed by atoms with Gasteiger partial charge in [0.1, 0.15) is 5.78 Å². The fraction of sp³-hybridized carbons (Fsp3) is 0.833. The molecule has 1 amide bonds. The van der Waals surface area contributed by atoms with Crippen molar-refractivity contribution in [3.63, 3.8) is 0 Å². The van der Waals surface area contributed by atoms with Crippen LogP contribution in [0.15, 0.2) is 0 Å². The Morgan fingerprint density at radius 1 is 1.38 bits per heavy atom. The molecule has 16 heavy (non-hydrogen) atoms. The number of piperidine rings is 1. The summed E-state index contributed by atoms with van der Waals surface area (Å²) in [6.45, 7) is 3.31. The van der Waals surface area contributed by atoms with Crippen LogP contribution in [-0.2, 0) is 9.59 Å². The highest BCUT2D eigenvalue weighted by molar-refractivity contribution is 5.84. The predicted molar refractivity (Wildman–Crippen MR) is 63.2 cm³/mol. The van der Waals surface area contributed by atoms with E-state index in [1.807, 2.05) is 11.8 Å². The molecule has 1 heterocycles. The van der Waals surface area contributed by atoms with E-state index in [-0.39, 0.29) is 17.7 Å². The molecule has 4 nitrogen and oxygen atoms in total. The van der Waals surface area contributed by atoms with Gasteiger partial charge in [-0.3, -0.25) is 14.5 Å². The van der Waals surface area contributed by atoms with Crippen LogP contribution in [0.1, 0.15) is 39.0 Å². The van der Waals surface area contributed by atoms with E-state index in [2.05, 4.69) is 5.32 Å². The number of carbonyl (C=O) groups excluding carboxylic acids is 2. The van der Waals surface area contributed by atoms with Gasteiger partial charge in [0.2, 0.25) is 5.91 Å². The summed E-state index contributed by atoms with van der Waals surface area (Å²) in [6, 6.07) is -0.0976. The zero-order valence-electron chi connectivity index (χ0n) is 10.3. The third-order valence-corrected chi connectivity index (χ3v) is 3.07. The van der Waals surface area contributed by atoms with Gasteiger partial charge in [-0.05, 0) is 25.8 Å². The van der Waals surface area contributed by atoms with Crippen molar-refractivity contribution in [2.75, 3.05) is 20.1 Å². The maximum atomic E-state index is 11.7. The van der Waals surface area contributed by atoms with Crippen molar-refractivity contribution in [1.29, 1.82) is 0 Å². The molecule has 1 fully saturated rings. The van der Waals surface area contributed by atoms with Crippen LogP contribution in [0, 0.1) is 0 Å². The second-order valence-corrected chi connectivity index (χ2v) is 4.38. The minimum atomic E-state index is -0.0976. The number of hydrogen-bond acceptors (Lipinski definition) is 3. The van der Waals surface area contributed by atoms with Crippen LogP contribution in [0.3, 0.4) is 0 Å². The summed E-state index contributed by atoms with van der Waals surface area (Å²) in [5, 5.41) is 2.68. The van der Waals surface area contributed by atoms with Crippen molar-refractivity contribution in [3.05, 3.63) is 0 Å². The molecule has 0 aromatic rings. The molecule has 0 saturated carbocycles. The van der Waals surface area contributed by atoms with E-state index in [0.717, 1.165) is 32.2 Å². The number of rotatable bonds is 5. The normalized spacial score (nSPS) is 21.8. The van der Waals surface area contributed by atoms with Gasteiger partial charge in [-0.2, -0.15) is 0 Å². The number of likely N-dealkylation sites (N-methyl/N-ethyl adjacent to an activating group) is 1. The third kappa shape index (κ3) is 3.59. The van der Waals surface area contributed by atoms with E-state index >= 15 is 0 Å². The van der Waals surface area contributed by atoms with Crippen LogP contribution in [0.5, 0.6) is 0 Å². The molecule has 1 atom stereocenters. The van der Waals surface area contributed by atoms with Gasteiger partial charge >= 0.3 is 0 Å². The minimum absolute atomic E-state index is 0.0454. The molecule has 4 heteroatoms. The smallest absolute Gasteiger partial charge is 0.237 e. The first-order valence-corrected chi connectivity index (χ1v) is 6.16. The molecule has 0 radical (unpaired) electrons. The summed E-state index contributed by atoms with van der Waals surface area (Å²) < 4.78 is 0. The summed E-state index contributed by atoms with van der Waals surface area (Å²) in [7, 11) is 1.66. The molecule has 1 N–H and O–H groups in total. The first-order valence-electron chi connectivity index (χ1n) is 6.16. The van der Waals surface area contributed by atoms with Crippen molar-refractivity contribution in [1.82, 2.24) is 10.2 Å². The molecule has 0 spiro atoms. The molecule has 0 aromatic carbocycles. The number of ketones is 1. The SMILES string of the molecule is CCCC(=O)CN1CCCCC1C(=O)NC. The zero-order valence-corrected chi connectivity index (χ0v) is 10.3. The highest BCUT2D eigenvalue weighted by Crippen LogP contribution is 2.17. The van der Waals surface area contributed by atoms with Crippen LogP contribution in [0.25, 0.3) is 0 Å². The van der Waals surface area contributed by atoms with E-state index in [4.69, 9.17) is 0 Å². The van der Waals surface area contributed by atoms with E-state index in [1.165, 1.54) is 0 Å². The Hall–Kier alpha value is -0.900. The highest BCUT2D eigenvalue weighted by atomic mass is 16.2. The van der Waals surface area contributed by atoms with Gasteiger partial charge in [0, 0.05) is 13.5 Å².